The normalized spacial score (nSPS) is 10.4. The highest BCUT2D eigenvalue weighted by Crippen LogP contribution is 2.34. The van der Waals surface area contributed by atoms with Crippen LogP contribution in [0.15, 0.2) is 79.1 Å². The lowest BCUT2D eigenvalue weighted by atomic mass is 10.0. The lowest BCUT2D eigenvalue weighted by Gasteiger charge is -2.12. The van der Waals surface area contributed by atoms with Crippen molar-refractivity contribution in [2.24, 2.45) is 5.73 Å². The Kier molecular flexibility index (Phi) is 5.74. The predicted octanol–water partition coefficient (Wildman–Crippen LogP) is 4.37. The van der Waals surface area contributed by atoms with Gasteiger partial charge in [-0.1, -0.05) is 36.4 Å². The maximum atomic E-state index is 9.33. The highest BCUT2D eigenvalue weighted by atomic mass is 16.5. The molecule has 0 bridgehead atoms. The molecule has 0 saturated carbocycles. The summed E-state index contributed by atoms with van der Waals surface area (Å²) in [5.41, 5.74) is 10.4. The molecule has 0 aliphatic rings. The number of hydrogen-bond donors (Lipinski definition) is 1. The minimum Gasteiger partial charge on any atom is -0.455 e. The van der Waals surface area contributed by atoms with E-state index < -0.39 is 0 Å². The molecule has 0 radical (unpaired) electrons. The van der Waals surface area contributed by atoms with Crippen LogP contribution in [0.1, 0.15) is 11.3 Å². The van der Waals surface area contributed by atoms with Crippen LogP contribution in [0.5, 0.6) is 11.5 Å². The molecule has 0 fully saturated rings. The van der Waals surface area contributed by atoms with Gasteiger partial charge >= 0.3 is 0 Å². The van der Waals surface area contributed by atoms with Gasteiger partial charge in [0, 0.05) is 41.1 Å². The van der Waals surface area contributed by atoms with Crippen molar-refractivity contribution in [3.8, 4) is 40.0 Å². The number of hydrogen-bond acceptors (Lipinski definition) is 6. The van der Waals surface area contributed by atoms with Gasteiger partial charge in [0.1, 0.15) is 11.5 Å². The van der Waals surface area contributed by atoms with Crippen LogP contribution in [0.3, 0.4) is 0 Å². The van der Waals surface area contributed by atoms with E-state index in [2.05, 4.69) is 21.3 Å². The summed E-state index contributed by atoms with van der Waals surface area (Å²) in [4.78, 5) is 4.47. The highest BCUT2D eigenvalue weighted by Gasteiger charge is 2.11. The Morgan fingerprint density at radius 3 is 2.53 bits per heavy atom. The molecular weight excluding hydrogens is 374 g/mol. The third-order valence-corrected chi connectivity index (χ3v) is 4.57. The third kappa shape index (κ3) is 4.32. The Balaban J connectivity index is 1.69. The fourth-order valence-electron chi connectivity index (χ4n) is 3.08. The number of aromatic nitrogens is 3. The molecule has 0 amide bonds. The third-order valence-electron chi connectivity index (χ3n) is 4.57. The first-order chi connectivity index (χ1) is 14.8. The summed E-state index contributed by atoms with van der Waals surface area (Å²) in [5, 5.41) is 17.6. The van der Waals surface area contributed by atoms with E-state index in [1.165, 1.54) is 0 Å². The second-order valence-corrected chi connectivity index (χ2v) is 6.64. The van der Waals surface area contributed by atoms with Gasteiger partial charge in [0.15, 0.2) is 0 Å². The standard InChI is InChI=1S/C24H19N5O/c25-11-10-20-8-7-19(15-27-20)22-9-6-17(14-26)12-24(22)30-21-13-23(29-28-16-21)18-4-2-1-3-5-18/h1-9,12-13,15-16H,10-11,25H2. The van der Waals surface area contributed by atoms with E-state index >= 15 is 0 Å². The Bertz CT molecular complexity index is 1180. The van der Waals surface area contributed by atoms with Gasteiger partial charge in [0.2, 0.25) is 0 Å². The molecule has 0 atom stereocenters. The summed E-state index contributed by atoms with van der Waals surface area (Å²) in [5.74, 6) is 1.09. The highest BCUT2D eigenvalue weighted by molar-refractivity contribution is 5.71. The van der Waals surface area contributed by atoms with Crippen molar-refractivity contribution < 1.29 is 4.74 Å². The van der Waals surface area contributed by atoms with E-state index in [1.807, 2.05) is 54.6 Å². The molecule has 4 rings (SSSR count). The first kappa shape index (κ1) is 19.2. The zero-order valence-corrected chi connectivity index (χ0v) is 16.2. The molecule has 0 aliphatic heterocycles. The van der Waals surface area contributed by atoms with E-state index in [0.717, 1.165) is 28.8 Å². The van der Waals surface area contributed by atoms with E-state index in [9.17, 15) is 5.26 Å². The van der Waals surface area contributed by atoms with Crippen LogP contribution in [0.25, 0.3) is 22.4 Å². The second kappa shape index (κ2) is 8.95. The van der Waals surface area contributed by atoms with Crippen molar-refractivity contribution >= 4 is 0 Å². The van der Waals surface area contributed by atoms with E-state index in [-0.39, 0.29) is 0 Å². The zero-order valence-electron chi connectivity index (χ0n) is 16.2. The molecule has 0 unspecified atom stereocenters. The Hall–Kier alpha value is -4.08. The van der Waals surface area contributed by atoms with Crippen LogP contribution < -0.4 is 10.5 Å². The average molecular weight is 393 g/mol. The van der Waals surface area contributed by atoms with Crippen molar-refractivity contribution in [2.75, 3.05) is 6.54 Å². The molecule has 0 saturated heterocycles. The summed E-state index contributed by atoms with van der Waals surface area (Å²) in [6.07, 6.45) is 4.07. The van der Waals surface area contributed by atoms with Crippen LogP contribution in [-0.4, -0.2) is 21.7 Å². The molecule has 2 N–H and O–H groups in total. The SMILES string of the molecule is N#Cc1ccc(-c2ccc(CCN)nc2)c(Oc2cnnc(-c3ccccc3)c2)c1. The predicted molar refractivity (Wildman–Crippen MR) is 115 cm³/mol. The number of rotatable bonds is 6. The van der Waals surface area contributed by atoms with Gasteiger partial charge in [-0.15, -0.1) is 0 Å². The number of pyridine rings is 1. The molecule has 30 heavy (non-hydrogen) atoms. The van der Waals surface area contributed by atoms with Gasteiger partial charge in [0.05, 0.1) is 23.5 Å². The second-order valence-electron chi connectivity index (χ2n) is 6.64. The fourth-order valence-corrected chi connectivity index (χ4v) is 3.08. The molecule has 6 heteroatoms. The van der Waals surface area contributed by atoms with Gasteiger partial charge in [-0.2, -0.15) is 15.5 Å². The number of nitrogens with two attached hydrogens (primary N) is 1. The number of nitriles is 1. The zero-order chi connectivity index (χ0) is 20.8. The maximum Gasteiger partial charge on any atom is 0.149 e. The van der Waals surface area contributed by atoms with Crippen LogP contribution in [0, 0.1) is 11.3 Å². The minimum absolute atomic E-state index is 0.506. The van der Waals surface area contributed by atoms with Crippen LogP contribution >= 0.6 is 0 Å². The summed E-state index contributed by atoms with van der Waals surface area (Å²) >= 11 is 0. The molecular formula is C24H19N5O. The molecule has 2 aromatic carbocycles. The van der Waals surface area contributed by atoms with Gasteiger partial charge in [-0.25, -0.2) is 0 Å². The van der Waals surface area contributed by atoms with Crippen LogP contribution in [-0.2, 0) is 6.42 Å². The molecule has 2 aromatic heterocycles. The van der Waals surface area contributed by atoms with Gasteiger partial charge in [-0.05, 0) is 30.8 Å². The molecule has 146 valence electrons. The molecule has 2 heterocycles. The number of ether oxygens (including phenoxy) is 1. The average Bonchev–Trinajstić information content (AvgIpc) is 2.81. The van der Waals surface area contributed by atoms with Gasteiger partial charge < -0.3 is 10.5 Å². The van der Waals surface area contributed by atoms with Crippen LogP contribution in [0.4, 0.5) is 0 Å². The lowest BCUT2D eigenvalue weighted by molar-refractivity contribution is 0.480. The van der Waals surface area contributed by atoms with Gasteiger partial charge in [-0.3, -0.25) is 4.98 Å². The van der Waals surface area contributed by atoms with Crippen molar-refractivity contribution in [1.29, 1.82) is 5.26 Å². The summed E-state index contributed by atoms with van der Waals surface area (Å²) in [6, 6.07) is 23.0. The largest absolute Gasteiger partial charge is 0.455 e. The molecule has 0 spiro atoms. The fraction of sp³-hybridized carbons (Fsp3) is 0.0833. The maximum absolute atomic E-state index is 9.33. The molecule has 0 aliphatic carbocycles. The van der Waals surface area contributed by atoms with Gasteiger partial charge in [0.25, 0.3) is 0 Å². The number of benzene rings is 2. The van der Waals surface area contributed by atoms with Crippen molar-refractivity contribution in [3.05, 3.63) is 90.4 Å². The minimum atomic E-state index is 0.506. The molecule has 6 nitrogen and oxygen atoms in total. The smallest absolute Gasteiger partial charge is 0.149 e. The van der Waals surface area contributed by atoms with E-state index in [0.29, 0.717) is 29.3 Å². The van der Waals surface area contributed by atoms with E-state index in [1.54, 1.807) is 24.5 Å². The van der Waals surface area contributed by atoms with E-state index in [4.69, 9.17) is 10.5 Å². The Labute approximate surface area is 174 Å². The molecule has 4 aromatic rings. The van der Waals surface area contributed by atoms with Crippen molar-refractivity contribution in [1.82, 2.24) is 15.2 Å². The van der Waals surface area contributed by atoms with Crippen molar-refractivity contribution in [3.63, 3.8) is 0 Å². The summed E-state index contributed by atoms with van der Waals surface area (Å²) in [6.45, 7) is 0.552. The summed E-state index contributed by atoms with van der Waals surface area (Å²) in [7, 11) is 0. The summed E-state index contributed by atoms with van der Waals surface area (Å²) < 4.78 is 6.14. The Morgan fingerprint density at radius 1 is 0.933 bits per heavy atom. The number of nitrogens with zero attached hydrogens (tertiary/aromatic N) is 4. The first-order valence-electron chi connectivity index (χ1n) is 9.52. The topological polar surface area (TPSA) is 97.7 Å². The van der Waals surface area contributed by atoms with Crippen molar-refractivity contribution in [2.45, 2.75) is 6.42 Å². The first-order valence-corrected chi connectivity index (χ1v) is 9.52. The van der Waals surface area contributed by atoms with Crippen LogP contribution in [0.2, 0.25) is 0 Å². The monoisotopic (exact) mass is 393 g/mol. The lowest BCUT2D eigenvalue weighted by Crippen LogP contribution is -2.04. The Morgan fingerprint density at radius 2 is 1.80 bits per heavy atom. The quantitative estimate of drug-likeness (QED) is 0.522.